The Balaban J connectivity index is 1.40. The van der Waals surface area contributed by atoms with Gasteiger partial charge in [0, 0.05) is 43.3 Å². The van der Waals surface area contributed by atoms with Gasteiger partial charge in [0.15, 0.2) is 5.69 Å². The molecule has 7 rings (SSSR count). The number of rotatable bonds is 0. The first-order chi connectivity index (χ1) is 14.1. The van der Waals surface area contributed by atoms with Crippen LogP contribution in [0.2, 0.25) is 0 Å². The fourth-order valence-corrected chi connectivity index (χ4v) is 4.37. The van der Waals surface area contributed by atoms with Gasteiger partial charge in [0.2, 0.25) is 5.91 Å². The average Bonchev–Trinajstić information content (AvgIpc) is 3.31. The number of hydrogen-bond donors (Lipinski definition) is 3. The third kappa shape index (κ3) is 3.77. The lowest BCUT2D eigenvalue weighted by Crippen LogP contribution is -2.47. The summed E-state index contributed by atoms with van der Waals surface area (Å²) in [6, 6.07) is 8.20. The second kappa shape index (κ2) is 7.27. The standard InChI is InChI=1S/C21H25N5O3/c22-19-12-1-3-14(4-2-12)23-20(27)17-10-18(29-25-17)16-9-13(16)11-26-7-5-15(6-8-26)24-21(19)28/h1-4,10,13,15-16,19H,5-9,11,22H2,(H,23,27)(H,24,28). The topological polar surface area (TPSA) is 113 Å². The van der Waals surface area contributed by atoms with Crippen LogP contribution in [0.4, 0.5) is 5.69 Å². The van der Waals surface area contributed by atoms with Crippen molar-refractivity contribution in [3.63, 3.8) is 0 Å². The van der Waals surface area contributed by atoms with Gasteiger partial charge in [0.1, 0.15) is 11.8 Å². The Morgan fingerprint density at radius 3 is 2.66 bits per heavy atom. The van der Waals surface area contributed by atoms with E-state index in [0.29, 0.717) is 23.1 Å². The molecule has 8 nitrogen and oxygen atoms in total. The van der Waals surface area contributed by atoms with E-state index in [4.69, 9.17) is 10.3 Å². The molecule has 2 aromatic rings. The van der Waals surface area contributed by atoms with E-state index < -0.39 is 6.04 Å². The molecule has 4 aliphatic heterocycles. The Labute approximate surface area is 168 Å². The molecule has 1 aliphatic carbocycles. The van der Waals surface area contributed by atoms with Crippen LogP contribution < -0.4 is 16.4 Å². The number of carbonyl (C=O) groups is 2. The number of carbonyl (C=O) groups excluding carboxylic acids is 2. The summed E-state index contributed by atoms with van der Waals surface area (Å²) in [7, 11) is 0. The lowest BCUT2D eigenvalue weighted by molar-refractivity contribution is -0.123. The van der Waals surface area contributed by atoms with Crippen LogP contribution in [0.5, 0.6) is 0 Å². The molecule has 29 heavy (non-hydrogen) atoms. The van der Waals surface area contributed by atoms with Crippen molar-refractivity contribution < 1.29 is 14.1 Å². The van der Waals surface area contributed by atoms with Crippen molar-refractivity contribution in [1.82, 2.24) is 15.4 Å². The molecular formula is C21H25N5O3. The molecule has 3 unspecified atom stereocenters. The van der Waals surface area contributed by atoms with Gasteiger partial charge in [-0.25, -0.2) is 0 Å². The van der Waals surface area contributed by atoms with Crippen LogP contribution >= 0.6 is 0 Å². The number of fused-ring (bicyclic) bond motifs is 2. The van der Waals surface area contributed by atoms with Crippen LogP contribution in [-0.2, 0) is 4.79 Å². The molecule has 152 valence electrons. The summed E-state index contributed by atoms with van der Waals surface area (Å²) in [5.74, 6) is 1.19. The highest BCUT2D eigenvalue weighted by Crippen LogP contribution is 2.48. The average molecular weight is 395 g/mol. The van der Waals surface area contributed by atoms with Crippen LogP contribution in [-0.4, -0.2) is 47.5 Å². The molecule has 4 N–H and O–H groups in total. The molecule has 5 aliphatic rings. The van der Waals surface area contributed by atoms with Crippen LogP contribution in [0.15, 0.2) is 34.9 Å². The number of hydrogen-bond acceptors (Lipinski definition) is 6. The van der Waals surface area contributed by atoms with Crippen molar-refractivity contribution in [3.05, 3.63) is 47.3 Å². The lowest BCUT2D eigenvalue weighted by Gasteiger charge is -2.33. The molecule has 2 fully saturated rings. The third-order valence-electron chi connectivity index (χ3n) is 6.29. The first-order valence-corrected chi connectivity index (χ1v) is 10.2. The van der Waals surface area contributed by atoms with E-state index in [-0.39, 0.29) is 23.6 Å². The molecule has 0 radical (unpaired) electrons. The van der Waals surface area contributed by atoms with Gasteiger partial charge in [-0.2, -0.15) is 0 Å². The molecule has 1 saturated carbocycles. The van der Waals surface area contributed by atoms with Crippen molar-refractivity contribution in [1.29, 1.82) is 0 Å². The summed E-state index contributed by atoms with van der Waals surface area (Å²) in [4.78, 5) is 27.5. The van der Waals surface area contributed by atoms with Gasteiger partial charge in [-0.3, -0.25) is 9.59 Å². The van der Waals surface area contributed by atoms with Gasteiger partial charge in [-0.05, 0) is 42.9 Å². The fourth-order valence-electron chi connectivity index (χ4n) is 4.37. The molecular weight excluding hydrogens is 370 g/mol. The van der Waals surface area contributed by atoms with Crippen LogP contribution in [0.1, 0.15) is 53.0 Å². The van der Waals surface area contributed by atoms with E-state index in [1.54, 1.807) is 30.3 Å². The molecule has 5 heterocycles. The summed E-state index contributed by atoms with van der Waals surface area (Å²) in [6.45, 7) is 2.93. The largest absolute Gasteiger partial charge is 0.360 e. The SMILES string of the molecule is NC1C(=O)NC2CCN(CC2)CC2CC2c2cc(no2)C(=O)Nc2ccc1cc2. The number of benzene rings is 1. The highest BCUT2D eigenvalue weighted by Gasteiger charge is 2.43. The number of nitrogens with one attached hydrogen (secondary N) is 2. The molecule has 1 aromatic carbocycles. The molecule has 1 saturated heterocycles. The van der Waals surface area contributed by atoms with E-state index >= 15 is 0 Å². The summed E-state index contributed by atoms with van der Waals surface area (Å²) in [5.41, 5.74) is 7.76. The second-order valence-electron chi connectivity index (χ2n) is 8.35. The predicted octanol–water partition coefficient (Wildman–Crippen LogP) is 1.62. The minimum atomic E-state index is -0.731. The molecule has 8 heteroatoms. The number of aromatic nitrogens is 1. The first kappa shape index (κ1) is 18.3. The van der Waals surface area contributed by atoms with Crippen molar-refractivity contribution in [2.75, 3.05) is 25.0 Å². The van der Waals surface area contributed by atoms with Crippen LogP contribution in [0.3, 0.4) is 0 Å². The number of nitrogens with zero attached hydrogens (tertiary/aromatic N) is 2. The second-order valence-corrected chi connectivity index (χ2v) is 8.35. The Bertz CT molecular complexity index is 917. The Kier molecular flexibility index (Phi) is 4.60. The highest BCUT2D eigenvalue weighted by atomic mass is 16.5. The third-order valence-corrected chi connectivity index (χ3v) is 6.29. The van der Waals surface area contributed by atoms with E-state index in [1.807, 2.05) is 0 Å². The number of piperidine rings is 1. The summed E-state index contributed by atoms with van der Waals surface area (Å²) >= 11 is 0. The Hall–Kier alpha value is -2.71. The van der Waals surface area contributed by atoms with Gasteiger partial charge in [0.05, 0.1) is 0 Å². The van der Waals surface area contributed by atoms with Gasteiger partial charge in [0.25, 0.3) is 5.91 Å². The van der Waals surface area contributed by atoms with Crippen LogP contribution in [0.25, 0.3) is 0 Å². The first-order valence-electron chi connectivity index (χ1n) is 10.2. The van der Waals surface area contributed by atoms with Crippen molar-refractivity contribution >= 4 is 17.5 Å². The minimum Gasteiger partial charge on any atom is -0.360 e. The zero-order chi connectivity index (χ0) is 20.0. The Morgan fingerprint density at radius 1 is 1.14 bits per heavy atom. The summed E-state index contributed by atoms with van der Waals surface area (Å²) in [5, 5.41) is 9.87. The zero-order valence-electron chi connectivity index (χ0n) is 16.1. The van der Waals surface area contributed by atoms with Gasteiger partial charge >= 0.3 is 0 Å². The van der Waals surface area contributed by atoms with E-state index in [0.717, 1.165) is 44.7 Å². The monoisotopic (exact) mass is 395 g/mol. The molecule has 6 bridgehead atoms. The van der Waals surface area contributed by atoms with Gasteiger partial charge in [-0.1, -0.05) is 17.3 Å². The number of amides is 2. The van der Waals surface area contributed by atoms with Crippen LogP contribution in [0, 0.1) is 5.92 Å². The normalized spacial score (nSPS) is 31.8. The van der Waals surface area contributed by atoms with Gasteiger partial charge < -0.3 is 25.8 Å². The van der Waals surface area contributed by atoms with Crippen molar-refractivity contribution in [2.24, 2.45) is 11.7 Å². The Morgan fingerprint density at radius 2 is 1.90 bits per heavy atom. The maximum Gasteiger partial charge on any atom is 0.277 e. The summed E-state index contributed by atoms with van der Waals surface area (Å²) in [6.07, 6.45) is 2.92. The maximum absolute atomic E-state index is 12.6. The fraction of sp³-hybridized carbons (Fsp3) is 0.476. The highest BCUT2D eigenvalue weighted by molar-refractivity contribution is 6.02. The quantitative estimate of drug-likeness (QED) is 0.625. The molecule has 1 aromatic heterocycles. The zero-order valence-corrected chi connectivity index (χ0v) is 16.1. The smallest absolute Gasteiger partial charge is 0.277 e. The predicted molar refractivity (Wildman–Crippen MR) is 106 cm³/mol. The van der Waals surface area contributed by atoms with E-state index in [2.05, 4.69) is 20.7 Å². The molecule has 0 spiro atoms. The van der Waals surface area contributed by atoms with E-state index in [9.17, 15) is 9.59 Å². The van der Waals surface area contributed by atoms with Crippen molar-refractivity contribution in [3.8, 4) is 0 Å². The number of nitrogens with two attached hydrogens (primary N) is 1. The summed E-state index contributed by atoms with van der Waals surface area (Å²) < 4.78 is 5.46. The lowest BCUT2D eigenvalue weighted by atomic mass is 10.0. The number of anilines is 1. The maximum atomic E-state index is 12.6. The van der Waals surface area contributed by atoms with E-state index in [1.165, 1.54) is 0 Å². The van der Waals surface area contributed by atoms with Gasteiger partial charge in [-0.15, -0.1) is 0 Å². The minimum absolute atomic E-state index is 0.157. The molecule has 3 atom stereocenters. The molecule has 2 amide bonds. The van der Waals surface area contributed by atoms with Crippen molar-refractivity contribution in [2.45, 2.75) is 37.3 Å².